The molecule has 0 saturated heterocycles. The molecular weight excluding hydrogens is 332 g/mol. The Morgan fingerprint density at radius 1 is 1.12 bits per heavy atom. The molecule has 3 aromatic rings. The van der Waals surface area contributed by atoms with Crippen LogP contribution in [0.5, 0.6) is 11.8 Å². The first kappa shape index (κ1) is 16.0. The molecular formula is C15H15ClN6O2. The normalized spacial score (nSPS) is 10.5. The zero-order valence-electron chi connectivity index (χ0n) is 13.3. The van der Waals surface area contributed by atoms with E-state index in [4.69, 9.17) is 21.1 Å². The van der Waals surface area contributed by atoms with Crippen LogP contribution in [0, 0.1) is 6.92 Å². The van der Waals surface area contributed by atoms with Gasteiger partial charge in [-0.15, -0.1) is 0 Å². The molecule has 3 rings (SSSR count). The third-order valence-electron chi connectivity index (χ3n) is 3.20. The summed E-state index contributed by atoms with van der Waals surface area (Å²) in [6.07, 6.45) is 3.65. The molecule has 1 aromatic carbocycles. The second-order valence-corrected chi connectivity index (χ2v) is 5.19. The van der Waals surface area contributed by atoms with Crippen molar-refractivity contribution in [2.24, 2.45) is 0 Å². The number of ether oxygens (including phenoxy) is 2. The van der Waals surface area contributed by atoms with Gasteiger partial charge in [-0.2, -0.15) is 15.0 Å². The van der Waals surface area contributed by atoms with E-state index in [-0.39, 0.29) is 17.2 Å². The molecule has 8 nitrogen and oxygen atoms in total. The molecule has 0 aliphatic heterocycles. The van der Waals surface area contributed by atoms with E-state index in [1.54, 1.807) is 13.4 Å². The van der Waals surface area contributed by atoms with Crippen LogP contribution >= 0.6 is 11.6 Å². The highest BCUT2D eigenvalue weighted by Gasteiger charge is 2.10. The van der Waals surface area contributed by atoms with E-state index in [9.17, 15) is 0 Å². The summed E-state index contributed by atoms with van der Waals surface area (Å²) < 4.78 is 12.3. The van der Waals surface area contributed by atoms with Crippen molar-refractivity contribution in [3.05, 3.63) is 41.7 Å². The first-order valence-electron chi connectivity index (χ1n) is 7.00. The van der Waals surface area contributed by atoms with Crippen LogP contribution in [0.4, 0.5) is 11.6 Å². The van der Waals surface area contributed by atoms with E-state index in [0.717, 1.165) is 17.1 Å². The minimum Gasteiger partial charge on any atom is -0.494 e. The third kappa shape index (κ3) is 3.38. The van der Waals surface area contributed by atoms with Gasteiger partial charge in [0.25, 0.3) is 0 Å². The van der Waals surface area contributed by atoms with E-state index >= 15 is 0 Å². The van der Waals surface area contributed by atoms with Crippen LogP contribution in [0.15, 0.2) is 30.7 Å². The largest absolute Gasteiger partial charge is 0.494 e. The van der Waals surface area contributed by atoms with Crippen molar-refractivity contribution >= 4 is 23.2 Å². The number of hydrogen-bond acceptors (Lipinski definition) is 7. The van der Waals surface area contributed by atoms with Crippen molar-refractivity contribution in [2.75, 3.05) is 19.5 Å². The lowest BCUT2D eigenvalue weighted by molar-refractivity contribution is 0.379. The highest BCUT2D eigenvalue weighted by Crippen LogP contribution is 2.28. The predicted molar refractivity (Wildman–Crippen MR) is 89.5 cm³/mol. The summed E-state index contributed by atoms with van der Waals surface area (Å²) in [5.74, 6) is 0.949. The van der Waals surface area contributed by atoms with Crippen LogP contribution in [-0.4, -0.2) is 38.7 Å². The van der Waals surface area contributed by atoms with E-state index in [1.807, 2.05) is 35.9 Å². The fraction of sp³-hybridized carbons (Fsp3) is 0.200. The first-order valence-corrected chi connectivity index (χ1v) is 7.38. The van der Waals surface area contributed by atoms with Gasteiger partial charge >= 0.3 is 6.01 Å². The Hall–Kier alpha value is -2.87. The smallest absolute Gasteiger partial charge is 0.322 e. The van der Waals surface area contributed by atoms with Gasteiger partial charge in [0, 0.05) is 18.0 Å². The number of rotatable bonds is 5. The molecule has 0 saturated carbocycles. The molecule has 2 heterocycles. The Bertz CT molecular complexity index is 867. The van der Waals surface area contributed by atoms with Crippen molar-refractivity contribution in [3.63, 3.8) is 0 Å². The number of halogens is 1. The van der Waals surface area contributed by atoms with Gasteiger partial charge in [-0.05, 0) is 30.7 Å². The Morgan fingerprint density at radius 2 is 1.96 bits per heavy atom. The summed E-state index contributed by atoms with van der Waals surface area (Å²) >= 11 is 5.84. The maximum Gasteiger partial charge on any atom is 0.322 e. The molecule has 0 atom stereocenters. The minimum absolute atomic E-state index is 0.0434. The summed E-state index contributed by atoms with van der Waals surface area (Å²) in [6, 6.07) is 5.74. The Kier molecular flexibility index (Phi) is 4.48. The van der Waals surface area contributed by atoms with Gasteiger partial charge in [0.05, 0.1) is 31.9 Å². The Balaban J connectivity index is 1.91. The lowest BCUT2D eigenvalue weighted by Gasteiger charge is -2.12. The quantitative estimate of drug-likeness (QED) is 0.760. The van der Waals surface area contributed by atoms with Crippen molar-refractivity contribution in [3.8, 4) is 17.4 Å². The zero-order chi connectivity index (χ0) is 17.1. The number of methoxy groups -OCH3 is 2. The molecule has 0 aliphatic rings. The van der Waals surface area contributed by atoms with E-state index < -0.39 is 0 Å². The number of benzene rings is 1. The molecule has 2 aromatic heterocycles. The first-order chi connectivity index (χ1) is 11.6. The number of nitrogens with one attached hydrogen (secondary N) is 1. The lowest BCUT2D eigenvalue weighted by atomic mass is 10.2. The van der Waals surface area contributed by atoms with Crippen LogP contribution in [0.3, 0.4) is 0 Å². The zero-order valence-corrected chi connectivity index (χ0v) is 14.1. The number of anilines is 2. The molecule has 0 unspecified atom stereocenters. The van der Waals surface area contributed by atoms with Crippen LogP contribution in [-0.2, 0) is 0 Å². The lowest BCUT2D eigenvalue weighted by Crippen LogP contribution is -2.03. The molecule has 9 heteroatoms. The van der Waals surface area contributed by atoms with Crippen molar-refractivity contribution in [1.29, 1.82) is 0 Å². The van der Waals surface area contributed by atoms with Gasteiger partial charge < -0.3 is 19.4 Å². The molecule has 24 heavy (non-hydrogen) atoms. The maximum atomic E-state index is 5.84. The molecule has 0 spiro atoms. The molecule has 0 aliphatic carbocycles. The number of aryl methyl sites for hydroxylation is 1. The van der Waals surface area contributed by atoms with Crippen LogP contribution < -0.4 is 14.8 Å². The van der Waals surface area contributed by atoms with Gasteiger partial charge in [0.2, 0.25) is 11.2 Å². The average Bonchev–Trinajstić information content (AvgIpc) is 3.00. The topological polar surface area (TPSA) is 87.0 Å². The molecule has 124 valence electrons. The fourth-order valence-corrected chi connectivity index (χ4v) is 2.28. The number of aromatic nitrogens is 5. The van der Waals surface area contributed by atoms with Gasteiger partial charge in [0.15, 0.2) is 0 Å². The number of imidazole rings is 1. The van der Waals surface area contributed by atoms with Crippen LogP contribution in [0.1, 0.15) is 5.69 Å². The molecule has 0 radical (unpaired) electrons. The van der Waals surface area contributed by atoms with Crippen molar-refractivity contribution in [1.82, 2.24) is 24.5 Å². The summed E-state index contributed by atoms with van der Waals surface area (Å²) in [5, 5.41) is 3.09. The van der Waals surface area contributed by atoms with Crippen LogP contribution in [0.25, 0.3) is 5.69 Å². The van der Waals surface area contributed by atoms with Gasteiger partial charge in [-0.3, -0.25) is 0 Å². The van der Waals surface area contributed by atoms with Crippen molar-refractivity contribution in [2.45, 2.75) is 6.92 Å². The molecule has 0 bridgehead atoms. The second kappa shape index (κ2) is 6.71. The van der Waals surface area contributed by atoms with Gasteiger partial charge in [-0.25, -0.2) is 4.98 Å². The SMILES string of the molecule is COc1nc(Cl)nc(Nc2ccc(-n3cnc(C)c3)c(OC)c2)n1. The Labute approximate surface area is 143 Å². The fourth-order valence-electron chi connectivity index (χ4n) is 2.13. The highest BCUT2D eigenvalue weighted by molar-refractivity contribution is 6.28. The Morgan fingerprint density at radius 3 is 2.62 bits per heavy atom. The maximum absolute atomic E-state index is 5.84. The van der Waals surface area contributed by atoms with E-state index in [0.29, 0.717) is 5.75 Å². The monoisotopic (exact) mass is 346 g/mol. The van der Waals surface area contributed by atoms with Gasteiger partial charge in [0.1, 0.15) is 5.75 Å². The molecule has 1 N–H and O–H groups in total. The summed E-state index contributed by atoms with van der Waals surface area (Å²) in [7, 11) is 3.07. The van der Waals surface area contributed by atoms with Crippen molar-refractivity contribution < 1.29 is 9.47 Å². The summed E-state index contributed by atoms with van der Waals surface area (Å²) in [4.78, 5) is 16.2. The number of nitrogens with zero attached hydrogens (tertiary/aromatic N) is 5. The predicted octanol–water partition coefficient (Wildman–Crippen LogP) is 2.78. The standard InChI is InChI=1S/C15H15ClN6O2/c1-9-7-22(8-17-9)11-5-4-10(6-12(11)23-2)18-14-19-13(16)20-15(21-14)24-3/h4-8H,1-3H3,(H,18,19,20,21). The van der Waals surface area contributed by atoms with Crippen LogP contribution in [0.2, 0.25) is 5.28 Å². The second-order valence-electron chi connectivity index (χ2n) is 4.85. The van der Waals surface area contributed by atoms with E-state index in [1.165, 1.54) is 7.11 Å². The van der Waals surface area contributed by atoms with E-state index in [2.05, 4.69) is 25.3 Å². The highest BCUT2D eigenvalue weighted by atomic mass is 35.5. The molecule has 0 amide bonds. The summed E-state index contributed by atoms with van der Waals surface area (Å²) in [6.45, 7) is 1.93. The van der Waals surface area contributed by atoms with Gasteiger partial charge in [-0.1, -0.05) is 0 Å². The molecule has 0 fully saturated rings. The third-order valence-corrected chi connectivity index (χ3v) is 3.36. The minimum atomic E-state index is 0.0434. The summed E-state index contributed by atoms with van der Waals surface area (Å²) in [5.41, 5.74) is 2.53. The average molecular weight is 347 g/mol. The number of hydrogen-bond donors (Lipinski definition) is 1.